The third kappa shape index (κ3) is 10.9. The molecule has 2 nitrogen and oxygen atoms in total. The van der Waals surface area contributed by atoms with Crippen LogP contribution in [0.3, 0.4) is 0 Å². The van der Waals surface area contributed by atoms with Crippen molar-refractivity contribution in [2.75, 3.05) is 24.6 Å². The molecule has 3 heteroatoms. The molecule has 0 unspecified atom stereocenters. The Kier molecular flexibility index (Phi) is 15.7. The molecule has 0 aromatic rings. The van der Waals surface area contributed by atoms with Gasteiger partial charge in [-0.25, -0.2) is 0 Å². The first-order valence-electron chi connectivity index (χ1n) is 12.2. The van der Waals surface area contributed by atoms with Crippen molar-refractivity contribution in [3.05, 3.63) is 0 Å². The first-order valence-corrected chi connectivity index (χ1v) is 15.1. The van der Waals surface area contributed by atoms with Gasteiger partial charge < -0.3 is 0 Å². The van der Waals surface area contributed by atoms with Crippen LogP contribution in [0.4, 0.5) is 0 Å². The number of carbonyl (C=O) groups is 1. The van der Waals surface area contributed by atoms with E-state index in [4.69, 9.17) is 4.52 Å². The van der Waals surface area contributed by atoms with Gasteiger partial charge in [0.05, 0.1) is 0 Å². The Morgan fingerprint density at radius 1 is 0.556 bits per heavy atom. The Bertz CT molecular complexity index is 324. The molecule has 0 N–H and O–H groups in total. The summed E-state index contributed by atoms with van der Waals surface area (Å²) in [5.41, 5.74) is 0. The van der Waals surface area contributed by atoms with Gasteiger partial charge in [0.2, 0.25) is 0 Å². The van der Waals surface area contributed by atoms with Crippen molar-refractivity contribution in [2.24, 2.45) is 0 Å². The molecule has 0 bridgehead atoms. The summed E-state index contributed by atoms with van der Waals surface area (Å²) in [6.45, 7) is 8.94. The molecule has 0 saturated carbocycles. The van der Waals surface area contributed by atoms with Gasteiger partial charge in [0.1, 0.15) is 0 Å². The van der Waals surface area contributed by atoms with E-state index in [2.05, 4.69) is 34.6 Å². The summed E-state index contributed by atoms with van der Waals surface area (Å²) in [4.78, 5) is 13.0. The first kappa shape index (κ1) is 26.9. The molecular weight excluding hydrogens is 351 g/mol. The van der Waals surface area contributed by atoms with Crippen LogP contribution >= 0.6 is 6.83 Å². The summed E-state index contributed by atoms with van der Waals surface area (Å²) < 4.78 is 6.73. The molecule has 0 aromatic carbocycles. The molecule has 0 saturated heterocycles. The van der Waals surface area contributed by atoms with E-state index in [1.165, 1.54) is 102 Å². The average Bonchev–Trinajstić information content (AvgIpc) is 2.68. The zero-order valence-electron chi connectivity index (χ0n) is 19.5. The number of unbranched alkanes of at least 4 members (excludes halogenated alkanes) is 8. The van der Waals surface area contributed by atoms with Crippen LogP contribution in [0.1, 0.15) is 125 Å². The number of rotatable bonds is 19. The SMILES string of the molecule is CCCCCCCC(=O)OP(CCCC)(CCCC)(CCCC)CCCC. The van der Waals surface area contributed by atoms with Crippen LogP contribution in [-0.4, -0.2) is 30.6 Å². The molecule has 0 aliphatic rings. The van der Waals surface area contributed by atoms with Gasteiger partial charge in [-0.3, -0.25) is 0 Å². The zero-order valence-corrected chi connectivity index (χ0v) is 20.4. The van der Waals surface area contributed by atoms with Gasteiger partial charge in [0, 0.05) is 0 Å². The van der Waals surface area contributed by atoms with Crippen molar-refractivity contribution in [1.29, 1.82) is 0 Å². The van der Waals surface area contributed by atoms with E-state index < -0.39 is 6.83 Å². The molecule has 0 spiro atoms. The normalized spacial score (nSPS) is 13.3. The summed E-state index contributed by atoms with van der Waals surface area (Å²) in [5, 5.41) is 0. The second-order valence-corrected chi connectivity index (χ2v) is 14.5. The Labute approximate surface area is 171 Å². The fourth-order valence-electron chi connectivity index (χ4n) is 4.29. The molecule has 0 fully saturated rings. The van der Waals surface area contributed by atoms with E-state index in [0.717, 1.165) is 6.42 Å². The topological polar surface area (TPSA) is 26.3 Å². The van der Waals surface area contributed by atoms with Crippen LogP contribution in [0.2, 0.25) is 0 Å². The van der Waals surface area contributed by atoms with Gasteiger partial charge in [-0.05, 0) is 0 Å². The van der Waals surface area contributed by atoms with Crippen LogP contribution in [0.25, 0.3) is 0 Å². The first-order chi connectivity index (χ1) is 13.0. The number of carbonyl (C=O) groups excluding carboxylic acids is 1. The second kappa shape index (κ2) is 15.8. The Hall–Kier alpha value is -0.100. The number of hydrogen-bond acceptors (Lipinski definition) is 2. The van der Waals surface area contributed by atoms with Crippen LogP contribution in [-0.2, 0) is 9.32 Å². The Morgan fingerprint density at radius 3 is 1.30 bits per heavy atom. The molecule has 0 aliphatic heterocycles. The monoisotopic (exact) mass is 402 g/mol. The van der Waals surface area contributed by atoms with Crippen molar-refractivity contribution in [3.8, 4) is 0 Å². The van der Waals surface area contributed by atoms with Gasteiger partial charge in [-0.2, -0.15) is 0 Å². The van der Waals surface area contributed by atoms with Crippen molar-refractivity contribution >= 4 is 12.8 Å². The quantitative estimate of drug-likeness (QED) is 0.160. The van der Waals surface area contributed by atoms with E-state index in [1.54, 1.807) is 0 Å². The minimum absolute atomic E-state index is 0.128. The molecule has 0 rings (SSSR count). The fraction of sp³-hybridized carbons (Fsp3) is 0.958. The molecule has 0 aliphatic carbocycles. The van der Waals surface area contributed by atoms with Crippen LogP contribution in [0.5, 0.6) is 0 Å². The molecule has 0 radical (unpaired) electrons. The van der Waals surface area contributed by atoms with Crippen LogP contribution in [0.15, 0.2) is 0 Å². The van der Waals surface area contributed by atoms with Crippen molar-refractivity contribution in [3.63, 3.8) is 0 Å². The molecule has 0 atom stereocenters. The van der Waals surface area contributed by atoms with E-state index in [-0.39, 0.29) is 5.97 Å². The third-order valence-electron chi connectivity index (χ3n) is 6.15. The van der Waals surface area contributed by atoms with Crippen LogP contribution in [0, 0.1) is 0 Å². The van der Waals surface area contributed by atoms with Gasteiger partial charge in [0.15, 0.2) is 0 Å². The van der Waals surface area contributed by atoms with Gasteiger partial charge >= 0.3 is 171 Å². The Balaban J connectivity index is 5.34. The van der Waals surface area contributed by atoms with Crippen LogP contribution < -0.4 is 0 Å². The second-order valence-electron chi connectivity index (χ2n) is 8.79. The molecule has 27 heavy (non-hydrogen) atoms. The zero-order chi connectivity index (χ0) is 20.5. The predicted molar refractivity (Wildman–Crippen MR) is 125 cm³/mol. The van der Waals surface area contributed by atoms with E-state index in [1.807, 2.05) is 0 Å². The van der Waals surface area contributed by atoms with Crippen molar-refractivity contribution in [2.45, 2.75) is 125 Å². The number of hydrogen-bond donors (Lipinski definition) is 0. The molecule has 0 amide bonds. The summed E-state index contributed by atoms with van der Waals surface area (Å²) in [7, 11) is 0. The summed E-state index contributed by atoms with van der Waals surface area (Å²) >= 11 is 0. The maximum atomic E-state index is 13.0. The van der Waals surface area contributed by atoms with E-state index in [9.17, 15) is 4.79 Å². The van der Waals surface area contributed by atoms with Crippen molar-refractivity contribution in [1.82, 2.24) is 0 Å². The fourth-order valence-corrected chi connectivity index (χ4v) is 11.1. The molecule has 164 valence electrons. The summed E-state index contributed by atoms with van der Waals surface area (Å²) in [5.74, 6) is 0.128. The molecular formula is C24H51O2P. The maximum absolute atomic E-state index is 13.0. The average molecular weight is 403 g/mol. The van der Waals surface area contributed by atoms with Gasteiger partial charge in [-0.1, -0.05) is 0 Å². The summed E-state index contributed by atoms with van der Waals surface area (Å²) in [6, 6.07) is 0. The van der Waals surface area contributed by atoms with Gasteiger partial charge in [0.25, 0.3) is 0 Å². The molecule has 0 aromatic heterocycles. The van der Waals surface area contributed by atoms with Crippen molar-refractivity contribution < 1.29 is 9.32 Å². The standard InChI is InChI=1S/C24H51O2P/c1-6-11-16-17-18-19-24(25)26-27(20-12-7-2,21-13-8-3,22-14-9-4)23-15-10-5/h6-23H2,1-5H3. The van der Waals surface area contributed by atoms with E-state index in [0.29, 0.717) is 6.42 Å². The third-order valence-corrected chi connectivity index (χ3v) is 12.7. The molecule has 0 heterocycles. The summed E-state index contributed by atoms with van der Waals surface area (Å²) in [6.07, 6.45) is 21.1. The van der Waals surface area contributed by atoms with Gasteiger partial charge in [-0.15, -0.1) is 0 Å². The predicted octanol–water partition coefficient (Wildman–Crippen LogP) is 8.56. The van der Waals surface area contributed by atoms with E-state index >= 15 is 0 Å². The Morgan fingerprint density at radius 2 is 0.926 bits per heavy atom. The minimum atomic E-state index is -2.41.